The molecule has 130 valence electrons. The van der Waals surface area contributed by atoms with Crippen molar-refractivity contribution in [2.24, 2.45) is 7.05 Å². The zero-order chi connectivity index (χ0) is 17.3. The summed E-state index contributed by atoms with van der Waals surface area (Å²) in [5.41, 5.74) is 3.37. The molecule has 1 aliphatic rings. The Hall–Kier alpha value is -1.69. The summed E-state index contributed by atoms with van der Waals surface area (Å²) in [4.78, 5) is 14.8. The lowest BCUT2D eigenvalue weighted by Crippen LogP contribution is -2.40. The van der Waals surface area contributed by atoms with Crippen molar-refractivity contribution in [1.29, 1.82) is 0 Å². The molecule has 24 heavy (non-hydrogen) atoms. The van der Waals surface area contributed by atoms with Gasteiger partial charge in [0.2, 0.25) is 5.91 Å². The Labute approximate surface area is 147 Å². The fraction of sp³-hybridized carbons (Fsp3) is 0.556. The van der Waals surface area contributed by atoms with Crippen LogP contribution in [0.4, 0.5) is 0 Å². The minimum Gasteiger partial charge on any atom is -0.464 e. The van der Waals surface area contributed by atoms with Crippen LogP contribution in [0, 0.1) is 20.8 Å². The number of rotatable bonds is 4. The van der Waals surface area contributed by atoms with E-state index in [0.717, 1.165) is 47.4 Å². The Morgan fingerprint density at radius 3 is 2.79 bits per heavy atom. The van der Waals surface area contributed by atoms with Gasteiger partial charge in [0.15, 0.2) is 0 Å². The first-order chi connectivity index (χ1) is 11.5. The largest absolute Gasteiger partial charge is 0.464 e. The zero-order valence-electron chi connectivity index (χ0n) is 14.8. The summed E-state index contributed by atoms with van der Waals surface area (Å²) in [7, 11) is 1.95. The van der Waals surface area contributed by atoms with Gasteiger partial charge in [0.1, 0.15) is 11.5 Å². The monoisotopic (exact) mass is 347 g/mol. The number of hydrogen-bond donors (Lipinski definition) is 0. The summed E-state index contributed by atoms with van der Waals surface area (Å²) in [5, 5.41) is 4.44. The SMILES string of the molecule is Cc1ccc(C2CSCCN2C(=O)CCc2c(C)nn(C)c2C)o1. The van der Waals surface area contributed by atoms with Crippen LogP contribution in [0.25, 0.3) is 0 Å². The van der Waals surface area contributed by atoms with E-state index in [1.165, 1.54) is 5.56 Å². The summed E-state index contributed by atoms with van der Waals surface area (Å²) in [6.07, 6.45) is 1.27. The van der Waals surface area contributed by atoms with Gasteiger partial charge in [-0.1, -0.05) is 0 Å². The summed E-state index contributed by atoms with van der Waals surface area (Å²) in [6, 6.07) is 4.03. The maximum Gasteiger partial charge on any atom is 0.223 e. The van der Waals surface area contributed by atoms with Crippen LogP contribution < -0.4 is 0 Å². The van der Waals surface area contributed by atoms with Crippen molar-refractivity contribution in [3.8, 4) is 0 Å². The van der Waals surface area contributed by atoms with Crippen LogP contribution in [-0.2, 0) is 18.3 Å². The third-order valence-electron chi connectivity index (χ3n) is 4.79. The lowest BCUT2D eigenvalue weighted by Gasteiger charge is -2.34. The van der Waals surface area contributed by atoms with Crippen molar-refractivity contribution in [3.05, 3.63) is 40.6 Å². The van der Waals surface area contributed by atoms with Gasteiger partial charge in [-0.2, -0.15) is 16.9 Å². The maximum absolute atomic E-state index is 12.8. The smallest absolute Gasteiger partial charge is 0.223 e. The lowest BCUT2D eigenvalue weighted by atomic mass is 10.1. The van der Waals surface area contributed by atoms with Crippen LogP contribution in [0.15, 0.2) is 16.5 Å². The molecule has 0 aliphatic carbocycles. The summed E-state index contributed by atoms with van der Waals surface area (Å²) >= 11 is 1.88. The molecule has 3 heterocycles. The molecule has 2 aromatic rings. The third-order valence-corrected chi connectivity index (χ3v) is 5.81. The Balaban J connectivity index is 1.70. The normalized spacial score (nSPS) is 18.2. The van der Waals surface area contributed by atoms with Crippen molar-refractivity contribution in [2.75, 3.05) is 18.1 Å². The van der Waals surface area contributed by atoms with E-state index < -0.39 is 0 Å². The fourth-order valence-corrected chi connectivity index (χ4v) is 4.39. The predicted octanol–water partition coefficient (Wildman–Crippen LogP) is 3.19. The molecule has 0 saturated carbocycles. The average Bonchev–Trinajstić information content (AvgIpc) is 3.10. The number of thioether (sulfide) groups is 1. The molecule has 3 rings (SSSR count). The molecule has 6 heteroatoms. The van der Waals surface area contributed by atoms with Crippen molar-refractivity contribution in [3.63, 3.8) is 0 Å². The van der Waals surface area contributed by atoms with Crippen LogP contribution in [0.1, 0.15) is 40.9 Å². The minimum absolute atomic E-state index is 0.0565. The minimum atomic E-state index is 0.0565. The quantitative estimate of drug-likeness (QED) is 0.852. The highest BCUT2D eigenvalue weighted by molar-refractivity contribution is 7.99. The second-order valence-electron chi connectivity index (χ2n) is 6.40. The molecule has 1 saturated heterocycles. The number of nitrogens with zero attached hydrogens (tertiary/aromatic N) is 3. The molecule has 1 amide bonds. The Kier molecular flexibility index (Phi) is 5.04. The number of hydrogen-bond acceptors (Lipinski definition) is 4. The Bertz CT molecular complexity index is 735. The zero-order valence-corrected chi connectivity index (χ0v) is 15.7. The Morgan fingerprint density at radius 1 is 1.38 bits per heavy atom. The lowest BCUT2D eigenvalue weighted by molar-refractivity contribution is -0.133. The van der Waals surface area contributed by atoms with Gasteiger partial charge >= 0.3 is 0 Å². The first kappa shape index (κ1) is 17.1. The molecule has 0 spiro atoms. The molecular formula is C18H25N3O2S. The molecule has 5 nitrogen and oxygen atoms in total. The van der Waals surface area contributed by atoms with E-state index in [9.17, 15) is 4.79 Å². The van der Waals surface area contributed by atoms with Crippen LogP contribution >= 0.6 is 11.8 Å². The van der Waals surface area contributed by atoms with E-state index in [1.807, 2.05) is 54.4 Å². The van der Waals surface area contributed by atoms with Crippen molar-refractivity contribution < 1.29 is 9.21 Å². The highest BCUT2D eigenvalue weighted by Crippen LogP contribution is 2.31. The van der Waals surface area contributed by atoms with Gasteiger partial charge in [0, 0.05) is 37.2 Å². The highest BCUT2D eigenvalue weighted by Gasteiger charge is 2.30. The van der Waals surface area contributed by atoms with Gasteiger partial charge in [-0.3, -0.25) is 9.48 Å². The predicted molar refractivity (Wildman–Crippen MR) is 96.2 cm³/mol. The molecule has 2 aromatic heterocycles. The topological polar surface area (TPSA) is 51.3 Å². The fourth-order valence-electron chi connectivity index (χ4n) is 3.33. The number of furan rings is 1. The molecule has 0 radical (unpaired) electrons. The van der Waals surface area contributed by atoms with Crippen LogP contribution in [0.3, 0.4) is 0 Å². The number of carbonyl (C=O) groups excluding carboxylic acids is 1. The highest BCUT2D eigenvalue weighted by atomic mass is 32.2. The van der Waals surface area contributed by atoms with Gasteiger partial charge in [0.25, 0.3) is 0 Å². The van der Waals surface area contributed by atoms with Crippen molar-refractivity contribution in [1.82, 2.24) is 14.7 Å². The van der Waals surface area contributed by atoms with Crippen molar-refractivity contribution >= 4 is 17.7 Å². The van der Waals surface area contributed by atoms with Gasteiger partial charge in [0.05, 0.1) is 11.7 Å². The summed E-state index contributed by atoms with van der Waals surface area (Å²) in [5.74, 6) is 3.91. The first-order valence-electron chi connectivity index (χ1n) is 8.40. The number of amides is 1. The van der Waals surface area contributed by atoms with E-state index in [4.69, 9.17) is 4.42 Å². The van der Waals surface area contributed by atoms with Gasteiger partial charge < -0.3 is 9.32 Å². The maximum atomic E-state index is 12.8. The molecule has 0 N–H and O–H groups in total. The number of carbonyl (C=O) groups is 1. The molecule has 1 fully saturated rings. The van der Waals surface area contributed by atoms with E-state index >= 15 is 0 Å². The van der Waals surface area contributed by atoms with E-state index in [1.54, 1.807) is 0 Å². The number of aromatic nitrogens is 2. The molecule has 1 unspecified atom stereocenters. The number of aryl methyl sites for hydroxylation is 3. The molecular weight excluding hydrogens is 322 g/mol. The van der Waals surface area contributed by atoms with Gasteiger partial charge in [-0.05, 0) is 44.9 Å². The van der Waals surface area contributed by atoms with Crippen LogP contribution in [-0.4, -0.2) is 38.6 Å². The van der Waals surface area contributed by atoms with Crippen LogP contribution in [0.2, 0.25) is 0 Å². The molecule has 1 aliphatic heterocycles. The van der Waals surface area contributed by atoms with Gasteiger partial charge in [-0.15, -0.1) is 0 Å². The molecule has 0 bridgehead atoms. The summed E-state index contributed by atoms with van der Waals surface area (Å²) in [6.45, 7) is 6.81. The molecule has 0 aromatic carbocycles. The van der Waals surface area contributed by atoms with Crippen LogP contribution in [0.5, 0.6) is 0 Å². The Morgan fingerprint density at radius 2 is 2.17 bits per heavy atom. The van der Waals surface area contributed by atoms with Gasteiger partial charge in [-0.25, -0.2) is 0 Å². The third kappa shape index (κ3) is 3.38. The summed E-state index contributed by atoms with van der Waals surface area (Å²) < 4.78 is 7.68. The van der Waals surface area contributed by atoms with E-state index in [0.29, 0.717) is 6.42 Å². The molecule has 1 atom stereocenters. The second-order valence-corrected chi connectivity index (χ2v) is 7.55. The van der Waals surface area contributed by atoms with E-state index in [2.05, 4.69) is 12.0 Å². The van der Waals surface area contributed by atoms with E-state index in [-0.39, 0.29) is 11.9 Å². The second kappa shape index (κ2) is 7.05. The van der Waals surface area contributed by atoms with Crippen molar-refractivity contribution in [2.45, 2.75) is 39.7 Å². The average molecular weight is 347 g/mol. The first-order valence-corrected chi connectivity index (χ1v) is 9.55. The standard InChI is InChI=1S/C18H25N3O2S/c1-12-5-7-17(23-12)16-11-24-10-9-21(16)18(22)8-6-15-13(2)19-20(4)14(15)3/h5,7,16H,6,8-11H2,1-4H3.